The normalized spacial score (nSPS) is 14.3. The number of amides is 1. The highest BCUT2D eigenvalue weighted by atomic mass is 16.5. The highest BCUT2D eigenvalue weighted by molar-refractivity contribution is 6.10. The quantitative estimate of drug-likeness (QED) is 0.551. The molecule has 1 fully saturated rings. The van der Waals surface area contributed by atoms with E-state index in [0.717, 1.165) is 19.3 Å². The first-order chi connectivity index (χ1) is 13.2. The first kappa shape index (κ1) is 17.1. The maximum atomic E-state index is 13.0. The molecule has 0 unspecified atom stereocenters. The number of aromatic hydroxyl groups is 1. The summed E-state index contributed by atoms with van der Waals surface area (Å²) in [4.78, 5) is 27.5. The van der Waals surface area contributed by atoms with Gasteiger partial charge < -0.3 is 14.7 Å². The zero-order chi connectivity index (χ0) is 18.8. The van der Waals surface area contributed by atoms with Gasteiger partial charge in [-0.2, -0.15) is 0 Å². The molecule has 6 heteroatoms. The zero-order valence-corrected chi connectivity index (χ0v) is 14.8. The smallest absolute Gasteiger partial charge is 0.349 e. The minimum Gasteiger partial charge on any atom is -0.493 e. The average Bonchev–Trinajstić information content (AvgIpc) is 3.00. The molecule has 3 aromatic rings. The highest BCUT2D eigenvalue weighted by Crippen LogP contribution is 2.33. The highest BCUT2D eigenvalue weighted by Gasteiger charge is 2.29. The van der Waals surface area contributed by atoms with E-state index in [4.69, 9.17) is 4.74 Å². The maximum absolute atomic E-state index is 13.0. The third kappa shape index (κ3) is 3.14. The number of esters is 1. The van der Waals surface area contributed by atoms with E-state index in [1.165, 1.54) is 4.57 Å². The molecule has 4 rings (SSSR count). The third-order valence-corrected chi connectivity index (χ3v) is 4.83. The van der Waals surface area contributed by atoms with Crippen LogP contribution in [0.2, 0.25) is 0 Å². The first-order valence-corrected chi connectivity index (χ1v) is 9.06. The summed E-state index contributed by atoms with van der Waals surface area (Å²) in [5.41, 5.74) is 0.491. The molecule has 2 aromatic carbocycles. The molecule has 1 aliphatic heterocycles. The van der Waals surface area contributed by atoms with E-state index in [-0.39, 0.29) is 17.5 Å². The Kier molecular flexibility index (Phi) is 4.54. The van der Waals surface area contributed by atoms with E-state index in [9.17, 15) is 14.7 Å². The molecule has 0 spiro atoms. The number of ether oxygens (including phenoxy) is 1. The van der Waals surface area contributed by atoms with Crippen molar-refractivity contribution in [3.8, 4) is 11.6 Å². The van der Waals surface area contributed by atoms with Gasteiger partial charge in [-0.25, -0.2) is 14.2 Å². The first-order valence-electron chi connectivity index (χ1n) is 9.06. The second kappa shape index (κ2) is 7.15. The van der Waals surface area contributed by atoms with Gasteiger partial charge in [-0.1, -0.05) is 36.4 Å². The van der Waals surface area contributed by atoms with Gasteiger partial charge in [0.2, 0.25) is 5.88 Å². The van der Waals surface area contributed by atoms with Crippen molar-refractivity contribution in [3.63, 3.8) is 0 Å². The van der Waals surface area contributed by atoms with Crippen LogP contribution in [0.15, 0.2) is 54.6 Å². The molecule has 2 heterocycles. The van der Waals surface area contributed by atoms with Gasteiger partial charge in [-0.05, 0) is 37.5 Å². The standard InChI is InChI=1S/C21H20N2O4/c24-19-18(20(25)27-15-9-3-1-4-10-15)16-11-5-6-12-17(16)23(19)21(26)22-13-7-2-8-14-22/h1,3-6,9-12,24H,2,7-8,13-14H2. The molecule has 1 aromatic heterocycles. The Bertz CT molecular complexity index is 988. The van der Waals surface area contributed by atoms with Gasteiger partial charge >= 0.3 is 12.0 Å². The van der Waals surface area contributed by atoms with Crippen LogP contribution < -0.4 is 4.74 Å². The van der Waals surface area contributed by atoms with Gasteiger partial charge in [-0.15, -0.1) is 0 Å². The SMILES string of the molecule is O=C(Oc1ccccc1)c1c(O)n(C(=O)N2CCCCC2)c2ccccc12. The molecule has 0 atom stereocenters. The number of carbonyl (C=O) groups excluding carboxylic acids is 2. The van der Waals surface area contributed by atoms with Crippen LogP contribution in [0.1, 0.15) is 29.6 Å². The lowest BCUT2D eigenvalue weighted by molar-refractivity contribution is 0.0733. The fourth-order valence-electron chi connectivity index (χ4n) is 3.49. The predicted octanol–water partition coefficient (Wildman–Crippen LogP) is 4.02. The van der Waals surface area contributed by atoms with Crippen molar-refractivity contribution in [2.24, 2.45) is 0 Å². The minimum atomic E-state index is -0.694. The predicted molar refractivity (Wildman–Crippen MR) is 101 cm³/mol. The van der Waals surface area contributed by atoms with E-state index >= 15 is 0 Å². The monoisotopic (exact) mass is 364 g/mol. The van der Waals surface area contributed by atoms with Crippen LogP contribution in [0.4, 0.5) is 4.79 Å². The Morgan fingerprint density at radius 2 is 1.56 bits per heavy atom. The van der Waals surface area contributed by atoms with E-state index < -0.39 is 5.97 Å². The lowest BCUT2D eigenvalue weighted by Crippen LogP contribution is -2.38. The van der Waals surface area contributed by atoms with E-state index in [2.05, 4.69) is 0 Å². The molecule has 1 saturated heterocycles. The Hall–Kier alpha value is -3.28. The van der Waals surface area contributed by atoms with Gasteiger partial charge in [0, 0.05) is 18.5 Å². The van der Waals surface area contributed by atoms with Gasteiger partial charge in [0.15, 0.2) is 0 Å². The summed E-state index contributed by atoms with van der Waals surface area (Å²) >= 11 is 0. The van der Waals surface area contributed by atoms with Crippen molar-refractivity contribution in [2.45, 2.75) is 19.3 Å². The van der Waals surface area contributed by atoms with Crippen LogP contribution in [0, 0.1) is 0 Å². The Morgan fingerprint density at radius 3 is 2.30 bits per heavy atom. The summed E-state index contributed by atoms with van der Waals surface area (Å²) in [6.45, 7) is 1.29. The number of piperidine rings is 1. The molecule has 0 saturated carbocycles. The van der Waals surface area contributed by atoms with Crippen LogP contribution in [-0.2, 0) is 0 Å². The van der Waals surface area contributed by atoms with Crippen LogP contribution >= 0.6 is 0 Å². The van der Waals surface area contributed by atoms with Crippen LogP contribution in [0.3, 0.4) is 0 Å². The Morgan fingerprint density at radius 1 is 0.889 bits per heavy atom. The van der Waals surface area contributed by atoms with Crippen LogP contribution in [0.5, 0.6) is 11.6 Å². The molecule has 6 nitrogen and oxygen atoms in total. The Labute approximate surface area is 156 Å². The second-order valence-electron chi connectivity index (χ2n) is 6.58. The molecule has 1 aliphatic rings. The molecule has 1 amide bonds. The fourth-order valence-corrected chi connectivity index (χ4v) is 3.49. The van der Waals surface area contributed by atoms with Crippen molar-refractivity contribution < 1.29 is 19.4 Å². The van der Waals surface area contributed by atoms with Crippen molar-refractivity contribution >= 4 is 22.9 Å². The largest absolute Gasteiger partial charge is 0.493 e. The summed E-state index contributed by atoms with van der Waals surface area (Å²) in [7, 11) is 0. The summed E-state index contributed by atoms with van der Waals surface area (Å²) in [5, 5.41) is 11.3. The number of aromatic nitrogens is 1. The van der Waals surface area contributed by atoms with Crippen LogP contribution in [0.25, 0.3) is 10.9 Å². The van der Waals surface area contributed by atoms with Gasteiger partial charge in [0.05, 0.1) is 5.52 Å². The molecule has 0 radical (unpaired) electrons. The van der Waals surface area contributed by atoms with E-state index in [1.807, 2.05) is 6.07 Å². The number of hydrogen-bond donors (Lipinski definition) is 1. The average molecular weight is 364 g/mol. The lowest BCUT2D eigenvalue weighted by Gasteiger charge is -2.27. The number of fused-ring (bicyclic) bond motifs is 1. The molecule has 1 N–H and O–H groups in total. The second-order valence-corrected chi connectivity index (χ2v) is 6.58. The molecule has 0 aliphatic carbocycles. The van der Waals surface area contributed by atoms with Crippen molar-refractivity contribution in [2.75, 3.05) is 13.1 Å². The number of hydrogen-bond acceptors (Lipinski definition) is 4. The number of nitrogens with zero attached hydrogens (tertiary/aromatic N) is 2. The zero-order valence-electron chi connectivity index (χ0n) is 14.8. The molecule has 0 bridgehead atoms. The van der Waals surface area contributed by atoms with E-state index in [0.29, 0.717) is 29.7 Å². The van der Waals surface area contributed by atoms with Crippen molar-refractivity contribution in [3.05, 3.63) is 60.2 Å². The summed E-state index contributed by atoms with van der Waals surface area (Å²) < 4.78 is 6.60. The van der Waals surface area contributed by atoms with Crippen molar-refractivity contribution in [1.29, 1.82) is 0 Å². The molecule has 138 valence electrons. The van der Waals surface area contributed by atoms with E-state index in [1.54, 1.807) is 53.4 Å². The maximum Gasteiger partial charge on any atom is 0.349 e. The Balaban J connectivity index is 1.76. The lowest BCUT2D eigenvalue weighted by atomic mass is 10.1. The van der Waals surface area contributed by atoms with Crippen molar-refractivity contribution in [1.82, 2.24) is 9.47 Å². The molecular weight excluding hydrogens is 344 g/mol. The number of likely N-dealkylation sites (tertiary alicyclic amines) is 1. The van der Waals surface area contributed by atoms with Gasteiger partial charge in [0.1, 0.15) is 11.3 Å². The summed E-state index contributed by atoms with van der Waals surface area (Å²) in [5.74, 6) is -0.700. The molecular formula is C21H20N2O4. The van der Waals surface area contributed by atoms with Gasteiger partial charge in [0.25, 0.3) is 0 Å². The number of para-hydroxylation sites is 2. The number of carbonyl (C=O) groups is 2. The third-order valence-electron chi connectivity index (χ3n) is 4.83. The minimum absolute atomic E-state index is 0.000174. The molecule has 27 heavy (non-hydrogen) atoms. The summed E-state index contributed by atoms with van der Waals surface area (Å²) in [6, 6.07) is 15.3. The van der Waals surface area contributed by atoms with Gasteiger partial charge in [-0.3, -0.25) is 0 Å². The van der Waals surface area contributed by atoms with Crippen LogP contribution in [-0.4, -0.2) is 39.7 Å². The fraction of sp³-hybridized carbons (Fsp3) is 0.238. The topological polar surface area (TPSA) is 71.8 Å². The summed E-state index contributed by atoms with van der Waals surface area (Å²) in [6.07, 6.45) is 2.97. The number of rotatable bonds is 2. The number of benzene rings is 2.